The zero-order valence-corrected chi connectivity index (χ0v) is 11.3. The van der Waals surface area contributed by atoms with Gasteiger partial charge >= 0.3 is 7.67 Å². The SMILES string of the molecule is [B][C@H]1CN(P(=O)(OC)N(C)C)CC(CC)O1. The highest BCUT2D eigenvalue weighted by molar-refractivity contribution is 7.53. The van der Waals surface area contributed by atoms with Crippen LogP contribution in [0, 0.1) is 0 Å². The zero-order valence-electron chi connectivity index (χ0n) is 10.4. The monoisotopic (exact) mass is 246 g/mol. The lowest BCUT2D eigenvalue weighted by Crippen LogP contribution is -2.47. The third-order valence-corrected chi connectivity index (χ3v) is 5.26. The van der Waals surface area contributed by atoms with Crippen LogP contribution in [0.25, 0.3) is 0 Å². The molecular formula is C9H20BN2O3P. The molecule has 0 aliphatic carbocycles. The van der Waals surface area contributed by atoms with Crippen LogP contribution in [0.3, 0.4) is 0 Å². The third-order valence-electron chi connectivity index (χ3n) is 2.73. The molecule has 92 valence electrons. The number of nitrogens with zero attached hydrogens (tertiary/aromatic N) is 2. The van der Waals surface area contributed by atoms with Crippen LogP contribution in [-0.2, 0) is 13.8 Å². The topological polar surface area (TPSA) is 42.0 Å². The van der Waals surface area contributed by atoms with Gasteiger partial charge in [0.15, 0.2) is 0 Å². The lowest BCUT2D eigenvalue weighted by atomic mass is 9.98. The minimum absolute atomic E-state index is 0.0205. The molecule has 0 aromatic carbocycles. The second-order valence-electron chi connectivity index (χ2n) is 4.10. The maximum Gasteiger partial charge on any atom is 0.345 e. The predicted octanol–water partition coefficient (Wildman–Crippen LogP) is 0.908. The van der Waals surface area contributed by atoms with Crippen LogP contribution in [0.5, 0.6) is 0 Å². The molecule has 1 heterocycles. The number of hydrogen-bond donors (Lipinski definition) is 0. The number of hydrogen-bond acceptors (Lipinski definition) is 3. The Morgan fingerprint density at radius 3 is 2.62 bits per heavy atom. The summed E-state index contributed by atoms with van der Waals surface area (Å²) in [4.78, 5) is 0. The molecule has 16 heavy (non-hydrogen) atoms. The van der Waals surface area contributed by atoms with E-state index < -0.39 is 13.7 Å². The van der Waals surface area contributed by atoms with E-state index in [9.17, 15) is 4.57 Å². The van der Waals surface area contributed by atoms with Crippen LogP contribution < -0.4 is 0 Å². The fourth-order valence-electron chi connectivity index (χ4n) is 1.81. The second-order valence-corrected chi connectivity index (χ2v) is 6.81. The molecule has 1 aliphatic heterocycles. The van der Waals surface area contributed by atoms with Gasteiger partial charge in [-0.3, -0.25) is 4.57 Å². The summed E-state index contributed by atoms with van der Waals surface area (Å²) in [7, 11) is 7.80. The van der Waals surface area contributed by atoms with Gasteiger partial charge in [0, 0.05) is 26.2 Å². The van der Waals surface area contributed by atoms with E-state index in [0.717, 1.165) is 6.42 Å². The van der Waals surface area contributed by atoms with E-state index in [2.05, 4.69) is 0 Å². The van der Waals surface area contributed by atoms with Crippen LogP contribution in [0.4, 0.5) is 0 Å². The highest BCUT2D eigenvalue weighted by Gasteiger charge is 2.38. The van der Waals surface area contributed by atoms with Gasteiger partial charge < -0.3 is 9.26 Å². The third kappa shape index (κ3) is 2.87. The highest BCUT2D eigenvalue weighted by atomic mass is 31.2. The predicted molar refractivity (Wildman–Crippen MR) is 64.6 cm³/mol. The Morgan fingerprint density at radius 2 is 2.19 bits per heavy atom. The molecule has 0 aromatic heterocycles. The van der Waals surface area contributed by atoms with Gasteiger partial charge in [0.05, 0.1) is 6.10 Å². The van der Waals surface area contributed by atoms with Crippen molar-refractivity contribution in [3.63, 3.8) is 0 Å². The summed E-state index contributed by atoms with van der Waals surface area (Å²) in [5, 5.41) is 0. The normalized spacial score (nSPS) is 31.6. The van der Waals surface area contributed by atoms with Gasteiger partial charge in [0.25, 0.3) is 0 Å². The van der Waals surface area contributed by atoms with Crippen molar-refractivity contribution < 1.29 is 13.8 Å². The maximum atomic E-state index is 12.6. The van der Waals surface area contributed by atoms with Crippen molar-refractivity contribution in [2.45, 2.75) is 25.5 Å². The second kappa shape index (κ2) is 5.65. The molecule has 0 bridgehead atoms. The Labute approximate surface area is 99.0 Å². The Kier molecular flexibility index (Phi) is 5.01. The first-order chi connectivity index (χ1) is 7.43. The van der Waals surface area contributed by atoms with Crippen LogP contribution in [0.1, 0.15) is 13.3 Å². The summed E-state index contributed by atoms with van der Waals surface area (Å²) in [6, 6.07) is -0.401. The Bertz CT molecular complexity index is 277. The largest absolute Gasteiger partial charge is 0.382 e. The Hall–Kier alpha value is 0.135. The van der Waals surface area contributed by atoms with Gasteiger partial charge in [-0.15, -0.1) is 0 Å². The van der Waals surface area contributed by atoms with Crippen LogP contribution in [-0.4, -0.2) is 63.6 Å². The molecule has 5 nitrogen and oxygen atoms in total. The van der Waals surface area contributed by atoms with E-state index >= 15 is 0 Å². The molecule has 0 saturated carbocycles. The molecule has 1 saturated heterocycles. The zero-order chi connectivity index (χ0) is 12.3. The Balaban J connectivity index is 2.81. The van der Waals surface area contributed by atoms with E-state index in [4.69, 9.17) is 17.1 Å². The van der Waals surface area contributed by atoms with Gasteiger partial charge in [-0.2, -0.15) is 0 Å². The lowest BCUT2D eigenvalue weighted by molar-refractivity contribution is -0.0314. The van der Waals surface area contributed by atoms with Crippen molar-refractivity contribution in [3.8, 4) is 0 Å². The molecule has 1 rings (SSSR count). The summed E-state index contributed by atoms with van der Waals surface area (Å²) in [5.74, 6) is 0. The maximum absolute atomic E-state index is 12.6. The fraction of sp³-hybridized carbons (Fsp3) is 1.00. The van der Waals surface area contributed by atoms with Crippen molar-refractivity contribution in [1.29, 1.82) is 0 Å². The molecule has 0 spiro atoms. The minimum Gasteiger partial charge on any atom is -0.382 e. The van der Waals surface area contributed by atoms with E-state index in [1.165, 1.54) is 7.11 Å². The first-order valence-electron chi connectivity index (χ1n) is 5.44. The number of rotatable bonds is 4. The van der Waals surface area contributed by atoms with Crippen molar-refractivity contribution in [2.75, 3.05) is 34.3 Å². The first-order valence-corrected chi connectivity index (χ1v) is 6.97. The van der Waals surface area contributed by atoms with Crippen molar-refractivity contribution in [2.24, 2.45) is 0 Å². The average molecular weight is 246 g/mol. The fourth-order valence-corrected chi connectivity index (χ4v) is 3.63. The highest BCUT2D eigenvalue weighted by Crippen LogP contribution is 2.52. The Morgan fingerprint density at radius 1 is 1.56 bits per heavy atom. The van der Waals surface area contributed by atoms with Gasteiger partial charge in [-0.05, 0) is 20.5 Å². The van der Waals surface area contributed by atoms with Gasteiger partial charge in [-0.1, -0.05) is 6.92 Å². The van der Waals surface area contributed by atoms with Crippen LogP contribution in [0.2, 0.25) is 0 Å². The molecule has 0 N–H and O–H groups in total. The molecule has 1 fully saturated rings. The van der Waals surface area contributed by atoms with Gasteiger partial charge in [0.2, 0.25) is 0 Å². The van der Waals surface area contributed by atoms with Gasteiger partial charge in [-0.25, -0.2) is 9.34 Å². The molecular weight excluding hydrogens is 226 g/mol. The average Bonchev–Trinajstić information content (AvgIpc) is 2.26. The summed E-state index contributed by atoms with van der Waals surface area (Å²) in [6.45, 7) is 3.04. The summed E-state index contributed by atoms with van der Waals surface area (Å²) >= 11 is 0. The van der Waals surface area contributed by atoms with Crippen LogP contribution >= 0.6 is 7.67 Å². The summed E-state index contributed by atoms with van der Waals surface area (Å²) in [6.07, 6.45) is 0.869. The summed E-state index contributed by atoms with van der Waals surface area (Å²) in [5.41, 5.74) is 0. The molecule has 2 radical (unpaired) electrons. The molecule has 0 aromatic rings. The summed E-state index contributed by atoms with van der Waals surface area (Å²) < 4.78 is 26.7. The minimum atomic E-state index is -2.93. The quantitative estimate of drug-likeness (QED) is 0.544. The lowest BCUT2D eigenvalue weighted by Gasteiger charge is -2.41. The standard InChI is InChI=1S/C9H20BN2O3P/c1-5-8-6-12(7-9(10)15-8)16(13,14-4)11(2)3/h8-9H,5-7H2,1-4H3/t8?,9-,16?/m1/s1. The van der Waals surface area contributed by atoms with Crippen molar-refractivity contribution in [3.05, 3.63) is 0 Å². The van der Waals surface area contributed by atoms with E-state index in [1.54, 1.807) is 23.4 Å². The molecule has 2 unspecified atom stereocenters. The van der Waals surface area contributed by atoms with E-state index in [1.807, 2.05) is 6.92 Å². The van der Waals surface area contributed by atoms with E-state index in [0.29, 0.717) is 13.1 Å². The molecule has 0 amide bonds. The molecule has 1 aliphatic rings. The molecule has 3 atom stereocenters. The van der Waals surface area contributed by atoms with Crippen molar-refractivity contribution >= 4 is 15.5 Å². The smallest absolute Gasteiger partial charge is 0.345 e. The number of morpholine rings is 1. The van der Waals surface area contributed by atoms with E-state index in [-0.39, 0.29) is 6.10 Å². The first kappa shape index (κ1) is 14.2. The van der Waals surface area contributed by atoms with Gasteiger partial charge in [0.1, 0.15) is 7.85 Å². The molecule has 7 heteroatoms. The van der Waals surface area contributed by atoms with Crippen LogP contribution in [0.15, 0.2) is 0 Å². The number of ether oxygens (including phenoxy) is 1. The van der Waals surface area contributed by atoms with Crippen molar-refractivity contribution in [1.82, 2.24) is 9.34 Å².